The maximum atomic E-state index is 9.87. The minimum absolute atomic E-state index is 0. The van der Waals surface area contributed by atoms with Crippen molar-refractivity contribution in [3.05, 3.63) is 134 Å². The largest absolute Gasteiger partial charge is 2.00 e. The van der Waals surface area contributed by atoms with Gasteiger partial charge in [-0.25, -0.2) is 9.97 Å². The summed E-state index contributed by atoms with van der Waals surface area (Å²) in [6, 6.07) is 35.0. The van der Waals surface area contributed by atoms with Gasteiger partial charge in [-0.2, -0.15) is 0 Å². The van der Waals surface area contributed by atoms with E-state index in [0.29, 0.717) is 0 Å². The smallest absolute Gasteiger partial charge is 0.255 e. The minimum Gasteiger partial charge on any atom is -0.255 e. The molecule has 21 heteroatoms. The van der Waals surface area contributed by atoms with Crippen LogP contribution in [0.15, 0.2) is 134 Å². The summed E-state index contributed by atoms with van der Waals surface area (Å²) in [6.07, 6.45) is 7.07. The van der Waals surface area contributed by atoms with E-state index in [-0.39, 0.29) is 19.8 Å². The Balaban J connectivity index is 0.000000257. The maximum Gasteiger partial charge on any atom is 2.00 e. The molecule has 6 nitrogen and oxygen atoms in total. The van der Waals surface area contributed by atoms with Crippen LogP contribution >= 0.6 is 15.6 Å². The topological polar surface area (TPSA) is 77.3 Å². The Hall–Kier alpha value is -4.44. The first-order valence-electron chi connectivity index (χ1n) is 13.5. The average Bonchev–Trinajstić information content (AvgIpc) is 3.04. The number of halogens is 12. The van der Waals surface area contributed by atoms with Crippen molar-refractivity contribution < 1.29 is 70.2 Å². The SMILES string of the molecule is F[P-](F)(F)(F)(F)F.F[P-](F)(F)(F)(F)F.[Os+2].c1ccc(-c2cccc(-c3ccccn3)n2)nc1.c1ccc(-c2cccc(-c3ccccn3)n2)nc1. The van der Waals surface area contributed by atoms with Gasteiger partial charge >= 0.3 is 85.8 Å². The second-order valence-electron chi connectivity index (χ2n) is 9.59. The molecule has 6 heterocycles. The van der Waals surface area contributed by atoms with E-state index < -0.39 is 15.6 Å². The van der Waals surface area contributed by atoms with E-state index >= 15 is 0 Å². The first kappa shape index (κ1) is 42.7. The van der Waals surface area contributed by atoms with E-state index in [2.05, 4.69) is 29.9 Å². The fourth-order valence-electron chi connectivity index (χ4n) is 3.50. The van der Waals surface area contributed by atoms with Crippen molar-refractivity contribution in [1.29, 1.82) is 0 Å². The first-order chi connectivity index (χ1) is 22.8. The van der Waals surface area contributed by atoms with Gasteiger partial charge in [-0.1, -0.05) is 36.4 Å². The van der Waals surface area contributed by atoms with Crippen molar-refractivity contribution in [2.45, 2.75) is 0 Å². The minimum atomic E-state index is -10.7. The van der Waals surface area contributed by atoms with Gasteiger partial charge in [-0.15, -0.1) is 0 Å². The summed E-state index contributed by atoms with van der Waals surface area (Å²) >= 11 is 0. The molecule has 0 atom stereocenters. The molecule has 6 aromatic heterocycles. The zero-order valence-electron chi connectivity index (χ0n) is 25.2. The Bertz CT molecular complexity index is 1700. The molecular weight excluding hydrogens is 925 g/mol. The molecule has 0 spiro atoms. The zero-order valence-corrected chi connectivity index (χ0v) is 29.5. The Kier molecular flexibility index (Phi) is 12.6. The third-order valence-electron chi connectivity index (χ3n) is 5.21. The summed E-state index contributed by atoms with van der Waals surface area (Å²) in [4.78, 5) is 26.4. The molecule has 0 saturated heterocycles. The number of nitrogens with zero attached hydrogens (tertiary/aromatic N) is 6. The molecule has 0 aliphatic carbocycles. The second-order valence-corrected chi connectivity index (χ2v) is 13.4. The van der Waals surface area contributed by atoms with E-state index in [1.807, 2.05) is 109 Å². The van der Waals surface area contributed by atoms with Crippen molar-refractivity contribution in [1.82, 2.24) is 29.9 Å². The predicted octanol–water partition coefficient (Wildman–Crippen LogP) is 13.2. The molecule has 0 amide bonds. The molecule has 0 radical (unpaired) electrons. The molecule has 0 N–H and O–H groups in total. The van der Waals surface area contributed by atoms with Crippen molar-refractivity contribution in [3.8, 4) is 45.6 Å². The zero-order chi connectivity index (χ0) is 37.2. The summed E-state index contributed by atoms with van der Waals surface area (Å²) in [5, 5.41) is 0. The standard InChI is InChI=1S/2C15H11N3.2F6P.Os/c2*1-3-10-16-12(6-1)14-8-5-9-15(18-14)13-7-2-4-11-17-13;2*1-7(2,3,4,5)6;/h2*1-11H;;;/q;;2*-1;+2. The summed E-state index contributed by atoms with van der Waals surface area (Å²) < 4.78 is 118. The summed E-state index contributed by atoms with van der Waals surface area (Å²) in [5.74, 6) is 0. The normalized spacial score (nSPS) is 13.6. The first-order valence-corrected chi connectivity index (χ1v) is 17.5. The molecule has 0 saturated carbocycles. The second kappa shape index (κ2) is 15.0. The molecule has 0 bridgehead atoms. The number of aromatic nitrogens is 6. The van der Waals surface area contributed by atoms with Crippen molar-refractivity contribution in [3.63, 3.8) is 0 Å². The molecular formula is C30H22F12N6OsP2. The van der Waals surface area contributed by atoms with Crippen LogP contribution in [-0.4, -0.2) is 29.9 Å². The predicted molar refractivity (Wildman–Crippen MR) is 169 cm³/mol. The third-order valence-corrected chi connectivity index (χ3v) is 5.21. The Labute approximate surface area is 294 Å². The van der Waals surface area contributed by atoms with Crippen LogP contribution < -0.4 is 0 Å². The fourth-order valence-corrected chi connectivity index (χ4v) is 3.50. The van der Waals surface area contributed by atoms with Crippen LogP contribution in [0.25, 0.3) is 45.6 Å². The van der Waals surface area contributed by atoms with Crippen LogP contribution in [0.3, 0.4) is 0 Å². The molecule has 0 aromatic carbocycles. The number of hydrogen-bond donors (Lipinski definition) is 0. The molecule has 0 aliphatic heterocycles. The molecule has 274 valence electrons. The van der Waals surface area contributed by atoms with Crippen LogP contribution in [0.4, 0.5) is 50.4 Å². The van der Waals surface area contributed by atoms with Gasteiger partial charge < -0.3 is 0 Å². The quantitative estimate of drug-likeness (QED) is 0.129. The van der Waals surface area contributed by atoms with Crippen molar-refractivity contribution in [2.75, 3.05) is 0 Å². The number of hydrogen-bond acceptors (Lipinski definition) is 6. The van der Waals surface area contributed by atoms with Crippen molar-refractivity contribution in [2.24, 2.45) is 0 Å². The van der Waals surface area contributed by atoms with E-state index in [1.54, 1.807) is 24.8 Å². The Morgan fingerprint density at radius 3 is 0.608 bits per heavy atom. The number of rotatable bonds is 4. The van der Waals surface area contributed by atoms with Crippen LogP contribution in [0.2, 0.25) is 0 Å². The van der Waals surface area contributed by atoms with Crippen LogP contribution in [0.5, 0.6) is 0 Å². The van der Waals surface area contributed by atoms with E-state index in [9.17, 15) is 50.4 Å². The molecule has 0 unspecified atom stereocenters. The summed E-state index contributed by atoms with van der Waals surface area (Å²) in [5.41, 5.74) is 6.92. The summed E-state index contributed by atoms with van der Waals surface area (Å²) in [6.45, 7) is 0. The van der Waals surface area contributed by atoms with Crippen molar-refractivity contribution >= 4 is 15.6 Å². The van der Waals surface area contributed by atoms with Gasteiger partial charge in [-0.05, 0) is 72.8 Å². The Morgan fingerprint density at radius 1 is 0.275 bits per heavy atom. The van der Waals surface area contributed by atoms with Gasteiger partial charge in [-0.3, -0.25) is 19.9 Å². The molecule has 51 heavy (non-hydrogen) atoms. The van der Waals surface area contributed by atoms with Gasteiger partial charge in [0, 0.05) is 24.8 Å². The van der Waals surface area contributed by atoms with E-state index in [0.717, 1.165) is 45.6 Å². The maximum absolute atomic E-state index is 10.7. The monoisotopic (exact) mass is 948 g/mol. The van der Waals surface area contributed by atoms with Crippen LogP contribution in [-0.2, 0) is 19.8 Å². The average molecular weight is 947 g/mol. The Morgan fingerprint density at radius 2 is 0.451 bits per heavy atom. The molecule has 6 aromatic rings. The molecule has 0 aliphatic rings. The van der Waals surface area contributed by atoms with Crippen LogP contribution in [0.1, 0.15) is 0 Å². The van der Waals surface area contributed by atoms with E-state index in [1.165, 1.54) is 0 Å². The molecule has 6 rings (SSSR count). The molecule has 0 fully saturated rings. The van der Waals surface area contributed by atoms with Gasteiger partial charge in [0.25, 0.3) is 0 Å². The van der Waals surface area contributed by atoms with Gasteiger partial charge in [0.15, 0.2) is 0 Å². The van der Waals surface area contributed by atoms with Gasteiger partial charge in [0.05, 0.1) is 45.6 Å². The van der Waals surface area contributed by atoms with Gasteiger partial charge in [0.2, 0.25) is 0 Å². The third kappa shape index (κ3) is 21.4. The van der Waals surface area contributed by atoms with E-state index in [4.69, 9.17) is 0 Å². The summed E-state index contributed by atoms with van der Waals surface area (Å²) in [7, 11) is -21.3. The van der Waals surface area contributed by atoms with Crippen LogP contribution in [0, 0.1) is 0 Å². The van der Waals surface area contributed by atoms with Gasteiger partial charge in [0.1, 0.15) is 0 Å². The number of pyridine rings is 6. The fraction of sp³-hybridized carbons (Fsp3) is 0.